The number of benzene rings is 5. The van der Waals surface area contributed by atoms with Crippen LogP contribution in [0.25, 0.3) is 32.3 Å². The van der Waals surface area contributed by atoms with Gasteiger partial charge in [-0.2, -0.15) is 0 Å². The molecule has 1 atom stereocenters. The van der Waals surface area contributed by atoms with Crippen LogP contribution in [0.1, 0.15) is 52.2 Å². The van der Waals surface area contributed by atoms with E-state index in [0.717, 1.165) is 12.3 Å². The highest BCUT2D eigenvalue weighted by molar-refractivity contribution is 6.05. The molecule has 0 aliphatic heterocycles. The maximum Gasteiger partial charge on any atom is -0.0143 e. The Morgan fingerprint density at radius 2 is 0.848 bits per heavy atom. The lowest BCUT2D eigenvalue weighted by Gasteiger charge is -2.18. The molecule has 0 aromatic heterocycles. The zero-order chi connectivity index (χ0) is 23.6. The Labute approximate surface area is 200 Å². The summed E-state index contributed by atoms with van der Waals surface area (Å²) in [6.07, 6.45) is 3.49. The van der Waals surface area contributed by atoms with E-state index in [9.17, 15) is 0 Å². The molecule has 170 valence electrons. The summed E-state index contributed by atoms with van der Waals surface area (Å²) < 4.78 is 0. The molecule has 5 aromatic carbocycles. The van der Waals surface area contributed by atoms with Crippen molar-refractivity contribution in [2.45, 2.75) is 53.9 Å². The molecular formula is C33H38. The van der Waals surface area contributed by atoms with Crippen LogP contribution in [0.3, 0.4) is 0 Å². The third kappa shape index (κ3) is 5.63. The van der Waals surface area contributed by atoms with Gasteiger partial charge in [0.2, 0.25) is 0 Å². The molecule has 0 radical (unpaired) electrons. The van der Waals surface area contributed by atoms with Crippen LogP contribution in [0.2, 0.25) is 0 Å². The highest BCUT2D eigenvalue weighted by Gasteiger charge is 2.13. The second-order valence-corrected chi connectivity index (χ2v) is 8.47. The summed E-state index contributed by atoms with van der Waals surface area (Å²) in [4.78, 5) is 0. The molecule has 1 unspecified atom stereocenters. The van der Waals surface area contributed by atoms with Gasteiger partial charge >= 0.3 is 0 Å². The zero-order valence-electron chi connectivity index (χ0n) is 20.9. The molecule has 5 aromatic rings. The summed E-state index contributed by atoms with van der Waals surface area (Å²) >= 11 is 0. The molecule has 0 nitrogen and oxygen atoms in total. The van der Waals surface area contributed by atoms with Gasteiger partial charge in [-0.3, -0.25) is 0 Å². The van der Waals surface area contributed by atoms with Crippen LogP contribution >= 0.6 is 0 Å². The van der Waals surface area contributed by atoms with Crippen molar-refractivity contribution in [1.82, 2.24) is 0 Å². The molecular weight excluding hydrogens is 396 g/mol. The Hall–Kier alpha value is -3.12. The fourth-order valence-electron chi connectivity index (χ4n) is 4.54. The first-order valence-electron chi connectivity index (χ1n) is 12.6. The Morgan fingerprint density at radius 3 is 1.18 bits per heavy atom. The Bertz CT molecular complexity index is 1170. The van der Waals surface area contributed by atoms with Crippen molar-refractivity contribution in [1.29, 1.82) is 0 Å². The summed E-state index contributed by atoms with van der Waals surface area (Å²) in [5, 5.41) is 8.41. The molecule has 0 heteroatoms. The minimum atomic E-state index is 0.726. The van der Waals surface area contributed by atoms with Crippen LogP contribution in [-0.2, 0) is 12.8 Å². The molecule has 0 aliphatic carbocycles. The Kier molecular flexibility index (Phi) is 9.07. The van der Waals surface area contributed by atoms with Crippen molar-refractivity contribution in [2.24, 2.45) is 5.92 Å². The van der Waals surface area contributed by atoms with Gasteiger partial charge in [0.15, 0.2) is 0 Å². The van der Waals surface area contributed by atoms with Gasteiger partial charge in [-0.1, -0.05) is 138 Å². The van der Waals surface area contributed by atoms with E-state index in [1.54, 1.807) is 0 Å². The summed E-state index contributed by atoms with van der Waals surface area (Å²) in [5.41, 5.74) is 3.03. The normalized spacial score (nSPS) is 11.4. The summed E-state index contributed by atoms with van der Waals surface area (Å²) in [7, 11) is 0. The smallest absolute Gasteiger partial charge is 0.0143 e. The van der Waals surface area contributed by atoms with E-state index in [1.807, 2.05) is 13.8 Å². The van der Waals surface area contributed by atoms with Crippen molar-refractivity contribution in [2.75, 3.05) is 0 Å². The van der Waals surface area contributed by atoms with Crippen LogP contribution in [0, 0.1) is 5.92 Å². The van der Waals surface area contributed by atoms with E-state index in [1.165, 1.54) is 56.3 Å². The summed E-state index contributed by atoms with van der Waals surface area (Å²) in [5.74, 6) is 0.726. The van der Waals surface area contributed by atoms with Crippen molar-refractivity contribution in [3.63, 3.8) is 0 Å². The van der Waals surface area contributed by atoms with Crippen LogP contribution in [0.4, 0.5) is 0 Å². The number of hydrogen-bond donors (Lipinski definition) is 0. The molecule has 0 spiro atoms. The van der Waals surface area contributed by atoms with E-state index in [0.29, 0.717) is 0 Å². The average Bonchev–Trinajstić information content (AvgIpc) is 2.90. The third-order valence-electron chi connectivity index (χ3n) is 6.42. The van der Waals surface area contributed by atoms with Crippen molar-refractivity contribution in [3.8, 4) is 0 Å². The molecule has 0 fully saturated rings. The first kappa shape index (κ1) is 24.5. The third-order valence-corrected chi connectivity index (χ3v) is 6.42. The largest absolute Gasteiger partial charge is 0.0683 e. The van der Waals surface area contributed by atoms with Crippen LogP contribution < -0.4 is 0 Å². The van der Waals surface area contributed by atoms with Gasteiger partial charge in [-0.15, -0.1) is 0 Å². The van der Waals surface area contributed by atoms with E-state index in [4.69, 9.17) is 0 Å². The summed E-state index contributed by atoms with van der Waals surface area (Å²) in [6, 6.07) is 34.6. The molecule has 0 amide bonds. The minimum Gasteiger partial charge on any atom is -0.0683 e. The van der Waals surface area contributed by atoms with Crippen LogP contribution in [0.15, 0.2) is 97.1 Å². The number of hydrogen-bond acceptors (Lipinski definition) is 0. The van der Waals surface area contributed by atoms with E-state index in [-0.39, 0.29) is 0 Å². The monoisotopic (exact) mass is 434 g/mol. The number of aryl methyl sites for hydroxylation is 1. The molecule has 33 heavy (non-hydrogen) atoms. The molecule has 0 N–H and O–H groups in total. The second-order valence-electron chi connectivity index (χ2n) is 8.47. The zero-order valence-corrected chi connectivity index (χ0v) is 20.9. The Balaban J connectivity index is 0.000000212. The Morgan fingerprint density at radius 1 is 0.515 bits per heavy atom. The van der Waals surface area contributed by atoms with Gasteiger partial charge in [-0.05, 0) is 62.2 Å². The highest BCUT2D eigenvalue weighted by atomic mass is 14.2. The summed E-state index contributed by atoms with van der Waals surface area (Å²) in [6.45, 7) is 10.9. The van der Waals surface area contributed by atoms with Gasteiger partial charge in [0.1, 0.15) is 0 Å². The molecule has 0 saturated heterocycles. The lowest BCUT2D eigenvalue weighted by molar-refractivity contribution is 0.564. The lowest BCUT2D eigenvalue weighted by Crippen LogP contribution is -2.01. The van der Waals surface area contributed by atoms with Crippen molar-refractivity contribution >= 4 is 32.3 Å². The maximum atomic E-state index is 2.36. The fourth-order valence-corrected chi connectivity index (χ4v) is 4.54. The average molecular weight is 435 g/mol. The van der Waals surface area contributed by atoms with E-state index in [2.05, 4.69) is 118 Å². The second kappa shape index (κ2) is 12.2. The highest BCUT2D eigenvalue weighted by Crippen LogP contribution is 2.34. The molecule has 0 saturated carbocycles. The lowest BCUT2D eigenvalue weighted by atomic mass is 9.86. The molecule has 0 heterocycles. The SMILES string of the molecule is CC.CCc1c2ccccc2c(CC(C)CC)c2ccccc12.c1ccc2ccccc2c1. The van der Waals surface area contributed by atoms with Gasteiger partial charge in [0.25, 0.3) is 0 Å². The molecule has 0 bridgehead atoms. The van der Waals surface area contributed by atoms with Gasteiger partial charge in [0, 0.05) is 0 Å². The standard InChI is InChI=1S/C21H24.C10H8.C2H6/c1-4-15(3)14-21-19-12-8-6-10-17(19)16(5-2)18-11-7-9-13-20(18)21;1-2-6-10-8-4-3-7-9(10)5-1;1-2/h6-13,15H,4-5,14H2,1-3H3;1-8H;1-2H3. The van der Waals surface area contributed by atoms with Gasteiger partial charge in [0.05, 0.1) is 0 Å². The van der Waals surface area contributed by atoms with Crippen LogP contribution in [0.5, 0.6) is 0 Å². The topological polar surface area (TPSA) is 0 Å². The number of fused-ring (bicyclic) bond motifs is 3. The fraction of sp³-hybridized carbons (Fsp3) is 0.273. The predicted molar refractivity (Wildman–Crippen MR) is 149 cm³/mol. The molecule has 0 aliphatic rings. The van der Waals surface area contributed by atoms with Gasteiger partial charge < -0.3 is 0 Å². The first-order chi connectivity index (χ1) is 16.2. The molecule has 5 rings (SSSR count). The first-order valence-corrected chi connectivity index (χ1v) is 12.6. The quantitative estimate of drug-likeness (QED) is 0.247. The van der Waals surface area contributed by atoms with Crippen molar-refractivity contribution < 1.29 is 0 Å². The maximum absolute atomic E-state index is 2.36. The van der Waals surface area contributed by atoms with Crippen LogP contribution in [-0.4, -0.2) is 0 Å². The van der Waals surface area contributed by atoms with E-state index >= 15 is 0 Å². The number of rotatable bonds is 4. The predicted octanol–water partition coefficient (Wildman–Crippen LogP) is 10.0. The van der Waals surface area contributed by atoms with Gasteiger partial charge in [-0.25, -0.2) is 0 Å². The van der Waals surface area contributed by atoms with Crippen molar-refractivity contribution in [3.05, 3.63) is 108 Å². The van der Waals surface area contributed by atoms with E-state index < -0.39 is 0 Å². The minimum absolute atomic E-state index is 0.726.